The highest BCUT2D eigenvalue weighted by Gasteiger charge is 2.29. The number of carbonyl (C=O) groups excluding carboxylic acids is 1. The van der Waals surface area contributed by atoms with Crippen LogP contribution >= 0.6 is 0 Å². The molecule has 124 valence electrons. The molecule has 7 nitrogen and oxygen atoms in total. The number of aromatic nitrogens is 5. The lowest BCUT2D eigenvalue weighted by Gasteiger charge is -2.24. The molecule has 24 heavy (non-hydrogen) atoms. The van der Waals surface area contributed by atoms with E-state index in [-0.39, 0.29) is 18.5 Å². The molecule has 2 aromatic heterocycles. The van der Waals surface area contributed by atoms with Gasteiger partial charge in [0.15, 0.2) is 0 Å². The summed E-state index contributed by atoms with van der Waals surface area (Å²) in [5.41, 5.74) is 2.85. The molecule has 1 aliphatic rings. The summed E-state index contributed by atoms with van der Waals surface area (Å²) in [5, 5.41) is 12.6. The van der Waals surface area contributed by atoms with Crippen molar-refractivity contribution in [3.63, 3.8) is 0 Å². The number of benzene rings is 1. The predicted octanol–water partition coefficient (Wildman–Crippen LogP) is 1.63. The van der Waals surface area contributed by atoms with E-state index >= 15 is 0 Å². The summed E-state index contributed by atoms with van der Waals surface area (Å²) in [6, 6.07) is 7.90. The van der Waals surface area contributed by atoms with Crippen LogP contribution < -0.4 is 0 Å². The molecule has 0 saturated carbocycles. The van der Waals surface area contributed by atoms with Gasteiger partial charge in [-0.3, -0.25) is 9.48 Å². The molecule has 1 fully saturated rings. The molecule has 1 atom stereocenters. The Labute approximate surface area is 139 Å². The second-order valence-electron chi connectivity index (χ2n) is 6.36. The van der Waals surface area contributed by atoms with Crippen LogP contribution in [0.4, 0.5) is 0 Å². The Morgan fingerprint density at radius 1 is 1.33 bits per heavy atom. The molecule has 3 aromatic rings. The second-order valence-corrected chi connectivity index (χ2v) is 6.36. The Morgan fingerprint density at radius 2 is 2.21 bits per heavy atom. The zero-order valence-corrected chi connectivity index (χ0v) is 13.7. The lowest BCUT2D eigenvalue weighted by atomic mass is 10.2. The lowest BCUT2D eigenvalue weighted by Crippen LogP contribution is -2.40. The largest absolute Gasteiger partial charge is 0.336 e. The number of rotatable bonds is 4. The maximum atomic E-state index is 12.8. The molecule has 1 aromatic carbocycles. The summed E-state index contributed by atoms with van der Waals surface area (Å²) in [6.07, 6.45) is 5.92. The Balaban J connectivity index is 1.48. The van der Waals surface area contributed by atoms with Crippen molar-refractivity contribution in [1.29, 1.82) is 0 Å². The number of amides is 1. The van der Waals surface area contributed by atoms with E-state index in [2.05, 4.69) is 15.4 Å². The molecular formula is C17H20N6O. The predicted molar refractivity (Wildman–Crippen MR) is 89.2 cm³/mol. The van der Waals surface area contributed by atoms with Crippen molar-refractivity contribution in [1.82, 2.24) is 29.7 Å². The molecule has 1 aliphatic heterocycles. The van der Waals surface area contributed by atoms with Crippen molar-refractivity contribution < 1.29 is 4.79 Å². The normalized spacial score (nSPS) is 17.7. The molecule has 0 N–H and O–H groups in total. The van der Waals surface area contributed by atoms with Gasteiger partial charge in [0.05, 0.1) is 24.3 Å². The van der Waals surface area contributed by atoms with Crippen LogP contribution in [0.2, 0.25) is 0 Å². The Kier molecular flexibility index (Phi) is 3.76. The van der Waals surface area contributed by atoms with Gasteiger partial charge in [-0.2, -0.15) is 5.10 Å². The highest BCUT2D eigenvalue weighted by molar-refractivity contribution is 5.80. The molecule has 0 spiro atoms. The average molecular weight is 324 g/mol. The Morgan fingerprint density at radius 3 is 3.04 bits per heavy atom. The van der Waals surface area contributed by atoms with Gasteiger partial charge in [0, 0.05) is 12.7 Å². The standard InChI is InChI=1S/C17H20N6O/c1-13-9-18-21(10-13)11-14-5-4-8-22(14)17(24)12-23-16-7-3-2-6-15(16)19-20-23/h2-3,6-7,9-10,14H,4-5,8,11-12H2,1H3/t14-/m0/s1. The van der Waals surface area contributed by atoms with Gasteiger partial charge in [0.2, 0.25) is 5.91 Å². The van der Waals surface area contributed by atoms with E-state index in [1.165, 1.54) is 0 Å². The van der Waals surface area contributed by atoms with Crippen LogP contribution in [0.15, 0.2) is 36.7 Å². The Bertz CT molecular complexity index is 867. The minimum absolute atomic E-state index is 0.0945. The van der Waals surface area contributed by atoms with Gasteiger partial charge in [-0.1, -0.05) is 17.3 Å². The van der Waals surface area contributed by atoms with E-state index in [4.69, 9.17) is 0 Å². The maximum absolute atomic E-state index is 12.8. The molecule has 3 heterocycles. The van der Waals surface area contributed by atoms with Gasteiger partial charge in [-0.15, -0.1) is 5.10 Å². The highest BCUT2D eigenvalue weighted by atomic mass is 16.2. The summed E-state index contributed by atoms with van der Waals surface area (Å²) in [4.78, 5) is 14.7. The van der Waals surface area contributed by atoms with E-state index in [0.29, 0.717) is 0 Å². The number of para-hydroxylation sites is 1. The molecule has 1 amide bonds. The lowest BCUT2D eigenvalue weighted by molar-refractivity contribution is -0.133. The number of likely N-dealkylation sites (tertiary alicyclic amines) is 1. The van der Waals surface area contributed by atoms with Gasteiger partial charge in [0.1, 0.15) is 12.1 Å². The molecule has 4 rings (SSSR count). The van der Waals surface area contributed by atoms with Crippen molar-refractivity contribution in [2.45, 2.75) is 38.9 Å². The second kappa shape index (κ2) is 6.07. The Hall–Kier alpha value is -2.70. The van der Waals surface area contributed by atoms with Gasteiger partial charge in [-0.25, -0.2) is 4.68 Å². The first kappa shape index (κ1) is 14.9. The van der Waals surface area contributed by atoms with Gasteiger partial charge >= 0.3 is 0 Å². The summed E-state index contributed by atoms with van der Waals surface area (Å²) >= 11 is 0. The monoisotopic (exact) mass is 324 g/mol. The number of carbonyl (C=O) groups is 1. The number of aryl methyl sites for hydroxylation is 1. The fourth-order valence-electron chi connectivity index (χ4n) is 3.39. The topological polar surface area (TPSA) is 68.8 Å². The van der Waals surface area contributed by atoms with Crippen LogP contribution in [0.3, 0.4) is 0 Å². The van der Waals surface area contributed by atoms with Gasteiger partial charge in [-0.05, 0) is 37.5 Å². The first-order valence-electron chi connectivity index (χ1n) is 8.27. The van der Waals surface area contributed by atoms with E-state index < -0.39 is 0 Å². The molecular weight excluding hydrogens is 304 g/mol. The summed E-state index contributed by atoms with van der Waals surface area (Å²) < 4.78 is 3.61. The van der Waals surface area contributed by atoms with Crippen LogP contribution in [0.5, 0.6) is 0 Å². The van der Waals surface area contributed by atoms with Crippen molar-refractivity contribution in [2.75, 3.05) is 6.54 Å². The maximum Gasteiger partial charge on any atom is 0.244 e. The molecule has 7 heteroatoms. The van der Waals surface area contributed by atoms with Crippen molar-refractivity contribution >= 4 is 16.9 Å². The molecule has 0 radical (unpaired) electrons. The van der Waals surface area contributed by atoms with E-state index in [0.717, 1.165) is 42.5 Å². The zero-order chi connectivity index (χ0) is 16.5. The molecule has 0 aliphatic carbocycles. The van der Waals surface area contributed by atoms with Crippen molar-refractivity contribution in [3.8, 4) is 0 Å². The molecule has 0 unspecified atom stereocenters. The summed E-state index contributed by atoms with van der Waals surface area (Å²) in [7, 11) is 0. The van der Waals surface area contributed by atoms with E-state index in [1.54, 1.807) is 4.68 Å². The van der Waals surface area contributed by atoms with Crippen LogP contribution in [-0.4, -0.2) is 48.2 Å². The SMILES string of the molecule is Cc1cnn(C[C@@H]2CCCN2C(=O)Cn2nnc3ccccc32)c1. The quantitative estimate of drug-likeness (QED) is 0.731. The van der Waals surface area contributed by atoms with Crippen LogP contribution in [0.1, 0.15) is 18.4 Å². The number of nitrogens with zero attached hydrogens (tertiary/aromatic N) is 6. The van der Waals surface area contributed by atoms with Crippen LogP contribution in [0, 0.1) is 6.92 Å². The highest BCUT2D eigenvalue weighted by Crippen LogP contribution is 2.20. The molecule has 0 bridgehead atoms. The first-order valence-corrected chi connectivity index (χ1v) is 8.27. The number of fused-ring (bicyclic) bond motifs is 1. The minimum atomic E-state index is 0.0945. The first-order chi connectivity index (χ1) is 11.7. The number of hydrogen-bond donors (Lipinski definition) is 0. The third-order valence-electron chi connectivity index (χ3n) is 4.56. The van der Waals surface area contributed by atoms with Gasteiger partial charge < -0.3 is 4.90 Å². The van der Waals surface area contributed by atoms with Crippen molar-refractivity contribution in [2.24, 2.45) is 0 Å². The minimum Gasteiger partial charge on any atom is -0.336 e. The summed E-state index contributed by atoms with van der Waals surface area (Å²) in [5.74, 6) is 0.0945. The average Bonchev–Trinajstić information content (AvgIpc) is 3.29. The van der Waals surface area contributed by atoms with Gasteiger partial charge in [0.25, 0.3) is 0 Å². The fraction of sp³-hybridized carbons (Fsp3) is 0.412. The number of hydrogen-bond acceptors (Lipinski definition) is 4. The van der Waals surface area contributed by atoms with E-state index in [1.807, 2.05) is 53.2 Å². The third-order valence-corrected chi connectivity index (χ3v) is 4.56. The smallest absolute Gasteiger partial charge is 0.244 e. The van der Waals surface area contributed by atoms with Crippen LogP contribution in [-0.2, 0) is 17.9 Å². The van der Waals surface area contributed by atoms with Crippen molar-refractivity contribution in [3.05, 3.63) is 42.2 Å². The third kappa shape index (κ3) is 2.77. The molecule has 1 saturated heterocycles. The van der Waals surface area contributed by atoms with Crippen LogP contribution in [0.25, 0.3) is 11.0 Å². The van der Waals surface area contributed by atoms with E-state index in [9.17, 15) is 4.79 Å². The fourth-order valence-corrected chi connectivity index (χ4v) is 3.39. The zero-order valence-electron chi connectivity index (χ0n) is 13.7. The summed E-state index contributed by atoms with van der Waals surface area (Å²) in [6.45, 7) is 3.81.